The number of carbonyl (C=O) groups excluding carboxylic acids is 1. The zero-order valence-electron chi connectivity index (χ0n) is 19.7. The van der Waals surface area contributed by atoms with Crippen LogP contribution in [0.4, 0.5) is 19.0 Å². The zero-order valence-corrected chi connectivity index (χ0v) is 19.7. The molecule has 1 aromatic heterocycles. The van der Waals surface area contributed by atoms with E-state index in [-0.39, 0.29) is 35.7 Å². The maximum absolute atomic E-state index is 13.3. The summed E-state index contributed by atoms with van der Waals surface area (Å²) in [6.07, 6.45) is -0.0838. The molecule has 0 spiro atoms. The van der Waals surface area contributed by atoms with E-state index in [4.69, 9.17) is 0 Å². The lowest BCUT2D eigenvalue weighted by Gasteiger charge is -2.44. The first kappa shape index (κ1) is 24.7. The SMILES string of the molecule is CC(C)N(C)C1CCC(N2CCC(Nc3ncnc4ccc(C(F)(F)F)cc34)C2=O)C(CO)C1. The van der Waals surface area contributed by atoms with Gasteiger partial charge in [-0.3, -0.25) is 4.79 Å². The molecular formula is C24H32F3N5O2. The summed E-state index contributed by atoms with van der Waals surface area (Å²) >= 11 is 0. The van der Waals surface area contributed by atoms with Gasteiger partial charge in [0.2, 0.25) is 5.91 Å². The highest BCUT2D eigenvalue weighted by atomic mass is 19.4. The summed E-state index contributed by atoms with van der Waals surface area (Å²) in [7, 11) is 2.10. The number of likely N-dealkylation sites (tertiary alicyclic amines) is 1. The molecule has 7 nitrogen and oxygen atoms in total. The van der Waals surface area contributed by atoms with E-state index in [9.17, 15) is 23.1 Å². The predicted molar refractivity (Wildman–Crippen MR) is 123 cm³/mol. The van der Waals surface area contributed by atoms with Gasteiger partial charge in [0.05, 0.1) is 11.1 Å². The third-order valence-electron chi connectivity index (χ3n) is 7.45. The van der Waals surface area contributed by atoms with Gasteiger partial charge in [0, 0.05) is 42.6 Å². The van der Waals surface area contributed by atoms with E-state index in [0.29, 0.717) is 30.6 Å². The number of nitrogens with one attached hydrogen (secondary N) is 1. The minimum atomic E-state index is -4.48. The smallest absolute Gasteiger partial charge is 0.396 e. The molecule has 0 radical (unpaired) electrons. The fraction of sp³-hybridized carbons (Fsp3) is 0.625. The van der Waals surface area contributed by atoms with Crippen LogP contribution in [-0.2, 0) is 11.0 Å². The molecule has 2 fully saturated rings. The molecule has 10 heteroatoms. The Labute approximate surface area is 197 Å². The number of alkyl halides is 3. The lowest BCUT2D eigenvalue weighted by atomic mass is 9.80. The average Bonchev–Trinajstić information content (AvgIpc) is 3.17. The molecule has 1 saturated carbocycles. The minimum Gasteiger partial charge on any atom is -0.396 e. The van der Waals surface area contributed by atoms with Gasteiger partial charge in [-0.05, 0) is 64.8 Å². The number of aliphatic hydroxyl groups is 1. The molecule has 4 rings (SSSR count). The number of aromatic nitrogens is 2. The van der Waals surface area contributed by atoms with Gasteiger partial charge in [-0.2, -0.15) is 13.2 Å². The first-order valence-electron chi connectivity index (χ1n) is 11.8. The first-order valence-corrected chi connectivity index (χ1v) is 11.8. The van der Waals surface area contributed by atoms with Crippen LogP contribution in [-0.4, -0.2) is 75.1 Å². The van der Waals surface area contributed by atoms with Crippen molar-refractivity contribution < 1.29 is 23.1 Å². The third-order valence-corrected chi connectivity index (χ3v) is 7.45. The highest BCUT2D eigenvalue weighted by Crippen LogP contribution is 2.35. The van der Waals surface area contributed by atoms with E-state index in [2.05, 4.69) is 41.1 Å². The molecule has 0 bridgehead atoms. The van der Waals surface area contributed by atoms with Gasteiger partial charge in [-0.25, -0.2) is 9.97 Å². The van der Waals surface area contributed by atoms with Crippen LogP contribution in [0.15, 0.2) is 24.5 Å². The van der Waals surface area contributed by atoms with Crippen LogP contribution in [0.2, 0.25) is 0 Å². The molecule has 1 amide bonds. The second-order valence-corrected chi connectivity index (χ2v) is 9.71. The Morgan fingerprint density at radius 3 is 2.68 bits per heavy atom. The van der Waals surface area contributed by atoms with Crippen LogP contribution in [0.25, 0.3) is 10.9 Å². The fourth-order valence-electron chi connectivity index (χ4n) is 5.30. The molecule has 34 heavy (non-hydrogen) atoms. The van der Waals surface area contributed by atoms with Crippen LogP contribution in [0.1, 0.15) is 45.1 Å². The monoisotopic (exact) mass is 479 g/mol. The Morgan fingerprint density at radius 1 is 1.24 bits per heavy atom. The molecule has 186 valence electrons. The Morgan fingerprint density at radius 2 is 2.00 bits per heavy atom. The number of aliphatic hydroxyl groups excluding tert-OH is 1. The van der Waals surface area contributed by atoms with Crippen LogP contribution < -0.4 is 5.32 Å². The van der Waals surface area contributed by atoms with Crippen LogP contribution in [0, 0.1) is 5.92 Å². The fourth-order valence-corrected chi connectivity index (χ4v) is 5.30. The number of halogens is 3. The second kappa shape index (κ2) is 9.65. The third kappa shape index (κ3) is 4.84. The van der Waals surface area contributed by atoms with E-state index in [1.54, 1.807) is 0 Å². The molecule has 1 aliphatic heterocycles. The number of nitrogens with zero attached hydrogens (tertiary/aromatic N) is 4. The molecule has 1 aliphatic carbocycles. The van der Waals surface area contributed by atoms with Crippen LogP contribution in [0.3, 0.4) is 0 Å². The quantitative estimate of drug-likeness (QED) is 0.660. The molecule has 1 saturated heterocycles. The molecule has 2 aliphatic rings. The van der Waals surface area contributed by atoms with Crippen LogP contribution in [0.5, 0.6) is 0 Å². The molecular weight excluding hydrogens is 447 g/mol. The standard InChI is InChI=1S/C24H32F3N5O2/c1-14(2)31(3)17-5-7-21(15(10-17)12-33)32-9-8-20(23(32)34)30-22-18-11-16(24(25,26)27)4-6-19(18)28-13-29-22/h4,6,11,13-15,17,20-21,33H,5,7-10,12H2,1-3H3,(H,28,29,30). The van der Waals surface area contributed by atoms with E-state index in [0.717, 1.165) is 31.4 Å². The highest BCUT2D eigenvalue weighted by Gasteiger charge is 2.42. The summed E-state index contributed by atoms with van der Waals surface area (Å²) < 4.78 is 39.7. The number of carbonyl (C=O) groups is 1. The molecule has 2 N–H and O–H groups in total. The number of fused-ring (bicyclic) bond motifs is 1. The Kier molecular flexibility index (Phi) is 7.00. The van der Waals surface area contributed by atoms with Gasteiger partial charge >= 0.3 is 6.18 Å². The number of amides is 1. The topological polar surface area (TPSA) is 81.6 Å². The lowest BCUT2D eigenvalue weighted by Crippen LogP contribution is -2.51. The molecule has 1 aromatic carbocycles. The number of hydrogen-bond donors (Lipinski definition) is 2. The van der Waals surface area contributed by atoms with Gasteiger partial charge in [0.1, 0.15) is 18.2 Å². The summed E-state index contributed by atoms with van der Waals surface area (Å²) in [5, 5.41) is 13.4. The Bertz CT molecular complexity index is 1030. The predicted octanol–water partition coefficient (Wildman–Crippen LogP) is 3.53. The van der Waals surface area contributed by atoms with Crippen LogP contribution >= 0.6 is 0 Å². The maximum Gasteiger partial charge on any atom is 0.416 e. The van der Waals surface area contributed by atoms with Gasteiger partial charge < -0.3 is 20.2 Å². The van der Waals surface area contributed by atoms with E-state index >= 15 is 0 Å². The second-order valence-electron chi connectivity index (χ2n) is 9.71. The molecule has 2 heterocycles. The number of rotatable bonds is 6. The van der Waals surface area contributed by atoms with Gasteiger partial charge in [-0.15, -0.1) is 0 Å². The normalized spacial score (nSPS) is 26.1. The molecule has 4 unspecified atom stereocenters. The summed E-state index contributed by atoms with van der Waals surface area (Å²) in [6.45, 7) is 4.86. The number of anilines is 1. The lowest BCUT2D eigenvalue weighted by molar-refractivity contribution is -0.137. The number of benzene rings is 1. The summed E-state index contributed by atoms with van der Waals surface area (Å²) in [5.41, 5.74) is -0.410. The summed E-state index contributed by atoms with van der Waals surface area (Å²) in [5.74, 6) is 0.118. The van der Waals surface area contributed by atoms with Crippen molar-refractivity contribution in [3.05, 3.63) is 30.1 Å². The van der Waals surface area contributed by atoms with E-state index in [1.165, 1.54) is 12.4 Å². The van der Waals surface area contributed by atoms with Crippen molar-refractivity contribution in [3.8, 4) is 0 Å². The van der Waals surface area contributed by atoms with E-state index < -0.39 is 17.8 Å². The first-order chi connectivity index (χ1) is 16.1. The van der Waals surface area contributed by atoms with Crippen molar-refractivity contribution in [2.75, 3.05) is 25.5 Å². The Hall–Kier alpha value is -2.46. The molecule has 4 atom stereocenters. The van der Waals surface area contributed by atoms with E-state index in [1.807, 2.05) is 4.90 Å². The van der Waals surface area contributed by atoms with Crippen molar-refractivity contribution in [3.63, 3.8) is 0 Å². The van der Waals surface area contributed by atoms with Gasteiger partial charge in [0.25, 0.3) is 0 Å². The van der Waals surface area contributed by atoms with Gasteiger partial charge in [-0.1, -0.05) is 0 Å². The minimum absolute atomic E-state index is 0.00289. The van der Waals surface area contributed by atoms with Gasteiger partial charge in [0.15, 0.2) is 0 Å². The zero-order chi connectivity index (χ0) is 24.6. The van der Waals surface area contributed by atoms with Crippen molar-refractivity contribution in [2.45, 2.75) is 69.9 Å². The van der Waals surface area contributed by atoms with Crippen molar-refractivity contribution in [1.82, 2.24) is 19.8 Å². The average molecular weight is 480 g/mol. The Balaban J connectivity index is 1.49. The van der Waals surface area contributed by atoms with Crippen molar-refractivity contribution >= 4 is 22.6 Å². The van der Waals surface area contributed by atoms with Crippen molar-refractivity contribution in [1.29, 1.82) is 0 Å². The summed E-state index contributed by atoms with van der Waals surface area (Å²) in [4.78, 5) is 25.7. The summed E-state index contributed by atoms with van der Waals surface area (Å²) in [6, 6.07) is 3.47. The van der Waals surface area contributed by atoms with Crippen molar-refractivity contribution in [2.24, 2.45) is 5.92 Å². The molecule has 2 aromatic rings. The maximum atomic E-state index is 13.3. The highest BCUT2D eigenvalue weighted by molar-refractivity contribution is 5.93. The number of hydrogen-bond acceptors (Lipinski definition) is 6. The largest absolute Gasteiger partial charge is 0.416 e.